The van der Waals surface area contributed by atoms with Gasteiger partial charge in [-0.2, -0.15) is 0 Å². The van der Waals surface area contributed by atoms with Gasteiger partial charge in [-0.3, -0.25) is 0 Å². The molecule has 2 aromatic carbocycles. The number of fused-ring (bicyclic) bond motifs is 1. The molecule has 0 aromatic heterocycles. The van der Waals surface area contributed by atoms with Gasteiger partial charge in [0.15, 0.2) is 0 Å². The number of hydrogen-bond donors (Lipinski definition) is 3. The summed E-state index contributed by atoms with van der Waals surface area (Å²) in [7, 11) is 0. The zero-order valence-corrected chi connectivity index (χ0v) is 14.2. The molecule has 0 unspecified atom stereocenters. The molecule has 0 bridgehead atoms. The molecule has 1 aliphatic carbocycles. The first-order valence-corrected chi connectivity index (χ1v) is 9.09. The predicted octanol–water partition coefficient (Wildman–Crippen LogP) is 4.27. The monoisotopic (exact) mass is 325 g/mol. The summed E-state index contributed by atoms with van der Waals surface area (Å²) >= 11 is 0. The number of urea groups is 1. The highest BCUT2D eigenvalue weighted by Gasteiger charge is 2.11. The van der Waals surface area contributed by atoms with Crippen LogP contribution >= 0.6 is 0 Å². The fraction of sp³-hybridized carbons (Fsp3) is 0.450. The van der Waals surface area contributed by atoms with Crippen LogP contribution in [0.3, 0.4) is 0 Å². The molecule has 3 N–H and O–H groups in total. The van der Waals surface area contributed by atoms with E-state index in [4.69, 9.17) is 0 Å². The van der Waals surface area contributed by atoms with Gasteiger partial charge in [-0.1, -0.05) is 55.7 Å². The first-order chi connectivity index (χ1) is 11.8. The van der Waals surface area contributed by atoms with E-state index in [9.17, 15) is 4.79 Å². The molecule has 24 heavy (non-hydrogen) atoms. The van der Waals surface area contributed by atoms with Crippen molar-refractivity contribution < 1.29 is 4.79 Å². The van der Waals surface area contributed by atoms with E-state index in [1.807, 2.05) is 30.3 Å². The van der Waals surface area contributed by atoms with E-state index in [-0.39, 0.29) is 6.03 Å². The van der Waals surface area contributed by atoms with E-state index in [0.29, 0.717) is 12.6 Å². The van der Waals surface area contributed by atoms with Crippen molar-refractivity contribution in [3.8, 4) is 0 Å². The Morgan fingerprint density at radius 2 is 1.75 bits per heavy atom. The van der Waals surface area contributed by atoms with Gasteiger partial charge in [-0.15, -0.1) is 0 Å². The van der Waals surface area contributed by atoms with E-state index >= 15 is 0 Å². The number of hydrogen-bond acceptors (Lipinski definition) is 2. The number of anilines is 1. The van der Waals surface area contributed by atoms with Crippen LogP contribution in [0.15, 0.2) is 42.5 Å². The molecular weight excluding hydrogens is 298 g/mol. The van der Waals surface area contributed by atoms with Gasteiger partial charge in [0.25, 0.3) is 0 Å². The van der Waals surface area contributed by atoms with Crippen LogP contribution in [0.4, 0.5) is 10.5 Å². The molecule has 2 amide bonds. The molecular formula is C20H27N3O. The Hall–Kier alpha value is -2.07. The zero-order valence-electron chi connectivity index (χ0n) is 14.2. The first-order valence-electron chi connectivity index (χ1n) is 9.09. The maximum Gasteiger partial charge on any atom is 0.319 e. The summed E-state index contributed by atoms with van der Waals surface area (Å²) in [5.74, 6) is 0. The molecule has 0 spiro atoms. The lowest BCUT2D eigenvalue weighted by molar-refractivity contribution is 0.252. The van der Waals surface area contributed by atoms with Gasteiger partial charge in [0.2, 0.25) is 0 Å². The first kappa shape index (κ1) is 16.8. The van der Waals surface area contributed by atoms with Crippen molar-refractivity contribution in [3.63, 3.8) is 0 Å². The topological polar surface area (TPSA) is 53.2 Å². The fourth-order valence-corrected chi connectivity index (χ4v) is 3.40. The van der Waals surface area contributed by atoms with Gasteiger partial charge in [0.05, 0.1) is 5.69 Å². The number of rotatable bonds is 6. The Labute approximate surface area is 144 Å². The van der Waals surface area contributed by atoms with Crippen LogP contribution in [-0.4, -0.2) is 25.2 Å². The van der Waals surface area contributed by atoms with Gasteiger partial charge < -0.3 is 16.0 Å². The van der Waals surface area contributed by atoms with Crippen molar-refractivity contribution in [2.24, 2.45) is 0 Å². The Morgan fingerprint density at radius 3 is 2.62 bits per heavy atom. The van der Waals surface area contributed by atoms with Crippen LogP contribution in [0.1, 0.15) is 38.5 Å². The molecule has 128 valence electrons. The van der Waals surface area contributed by atoms with Crippen molar-refractivity contribution >= 4 is 22.5 Å². The van der Waals surface area contributed by atoms with E-state index in [1.54, 1.807) is 0 Å². The van der Waals surface area contributed by atoms with Gasteiger partial charge in [-0.05, 0) is 37.3 Å². The number of amides is 2. The van der Waals surface area contributed by atoms with Gasteiger partial charge in [0, 0.05) is 18.0 Å². The number of carbonyl (C=O) groups is 1. The average molecular weight is 325 g/mol. The third-order valence-electron chi connectivity index (χ3n) is 4.72. The Kier molecular flexibility index (Phi) is 6.07. The lowest BCUT2D eigenvalue weighted by Crippen LogP contribution is -2.35. The molecule has 0 aliphatic heterocycles. The summed E-state index contributed by atoms with van der Waals surface area (Å²) in [5.41, 5.74) is 0.853. The molecule has 4 nitrogen and oxygen atoms in total. The molecule has 0 radical (unpaired) electrons. The summed E-state index contributed by atoms with van der Waals surface area (Å²) in [5, 5.41) is 11.7. The van der Waals surface area contributed by atoms with Crippen molar-refractivity contribution in [3.05, 3.63) is 42.5 Å². The number of nitrogens with one attached hydrogen (secondary N) is 3. The molecule has 1 fully saturated rings. The largest absolute Gasteiger partial charge is 0.338 e. The van der Waals surface area contributed by atoms with Crippen LogP contribution in [0, 0.1) is 0 Å². The SMILES string of the molecule is O=C(NCCCNC1CCCCC1)Nc1cccc2ccccc12. The molecule has 0 heterocycles. The summed E-state index contributed by atoms with van der Waals surface area (Å²) in [4.78, 5) is 12.1. The van der Waals surface area contributed by atoms with Crippen LogP contribution in [0.2, 0.25) is 0 Å². The van der Waals surface area contributed by atoms with Crippen molar-refractivity contribution in [2.45, 2.75) is 44.6 Å². The third kappa shape index (κ3) is 4.71. The van der Waals surface area contributed by atoms with Crippen molar-refractivity contribution in [1.29, 1.82) is 0 Å². The molecule has 1 aliphatic rings. The highest BCUT2D eigenvalue weighted by Crippen LogP contribution is 2.22. The average Bonchev–Trinajstić information content (AvgIpc) is 2.63. The molecule has 2 aromatic rings. The number of carbonyl (C=O) groups excluding carboxylic acids is 1. The second-order valence-electron chi connectivity index (χ2n) is 6.55. The van der Waals surface area contributed by atoms with Crippen molar-refractivity contribution in [2.75, 3.05) is 18.4 Å². The summed E-state index contributed by atoms with van der Waals surface area (Å²) < 4.78 is 0. The lowest BCUT2D eigenvalue weighted by Gasteiger charge is -2.22. The Bertz CT molecular complexity index is 659. The zero-order chi connectivity index (χ0) is 16.6. The Morgan fingerprint density at radius 1 is 0.958 bits per heavy atom. The predicted molar refractivity (Wildman–Crippen MR) is 100 cm³/mol. The van der Waals surface area contributed by atoms with Gasteiger partial charge >= 0.3 is 6.03 Å². The molecule has 0 atom stereocenters. The van der Waals surface area contributed by atoms with Crippen LogP contribution in [0.5, 0.6) is 0 Å². The minimum atomic E-state index is -0.135. The van der Waals surface area contributed by atoms with E-state index < -0.39 is 0 Å². The van der Waals surface area contributed by atoms with Gasteiger partial charge in [0.1, 0.15) is 0 Å². The summed E-state index contributed by atoms with van der Waals surface area (Å²) in [6, 6.07) is 14.6. The second kappa shape index (κ2) is 8.69. The van der Waals surface area contributed by atoms with E-state index in [0.717, 1.165) is 29.4 Å². The molecule has 0 saturated heterocycles. The van der Waals surface area contributed by atoms with Crippen molar-refractivity contribution in [1.82, 2.24) is 10.6 Å². The number of benzene rings is 2. The third-order valence-corrected chi connectivity index (χ3v) is 4.72. The molecule has 3 rings (SSSR count). The second-order valence-corrected chi connectivity index (χ2v) is 6.55. The summed E-state index contributed by atoms with van der Waals surface area (Å²) in [6.45, 7) is 1.66. The smallest absolute Gasteiger partial charge is 0.319 e. The van der Waals surface area contributed by atoms with Gasteiger partial charge in [-0.25, -0.2) is 4.79 Å². The molecule has 1 saturated carbocycles. The van der Waals surface area contributed by atoms with Crippen LogP contribution < -0.4 is 16.0 Å². The fourth-order valence-electron chi connectivity index (χ4n) is 3.40. The maximum atomic E-state index is 12.1. The highest BCUT2D eigenvalue weighted by atomic mass is 16.2. The normalized spacial score (nSPS) is 15.3. The van der Waals surface area contributed by atoms with E-state index in [1.165, 1.54) is 32.1 Å². The van der Waals surface area contributed by atoms with E-state index in [2.05, 4.69) is 28.1 Å². The van der Waals surface area contributed by atoms with Crippen LogP contribution in [-0.2, 0) is 0 Å². The lowest BCUT2D eigenvalue weighted by atomic mass is 9.95. The van der Waals surface area contributed by atoms with Crippen LogP contribution in [0.25, 0.3) is 10.8 Å². The molecule has 4 heteroatoms. The highest BCUT2D eigenvalue weighted by molar-refractivity contribution is 6.01. The Balaban J connectivity index is 1.39. The minimum absolute atomic E-state index is 0.135. The summed E-state index contributed by atoms with van der Waals surface area (Å²) in [6.07, 6.45) is 7.64. The maximum absolute atomic E-state index is 12.1. The minimum Gasteiger partial charge on any atom is -0.338 e. The quantitative estimate of drug-likeness (QED) is 0.695. The standard InChI is InChI=1S/C20H27N3O/c24-20(22-15-7-14-21-17-10-2-1-3-11-17)23-19-13-6-9-16-8-4-5-12-18(16)19/h4-6,8-9,12-13,17,21H,1-3,7,10-11,14-15H2,(H2,22,23,24).